The number of carboxylic acids is 1. The largest absolute Gasteiger partial charge is 0.478 e. The van der Waals surface area contributed by atoms with Crippen LogP contribution < -0.4 is 31.3 Å². The number of carbonyl (C=O) groups is 6. The fraction of sp³-hybridized carbons (Fsp3) is 0.286. The van der Waals surface area contributed by atoms with Gasteiger partial charge in [-0.3, -0.25) is 23.9 Å². The minimum atomic E-state index is -3.67. The van der Waals surface area contributed by atoms with Crippen LogP contribution in [-0.4, -0.2) is 99.3 Å². The lowest BCUT2D eigenvalue weighted by Crippen LogP contribution is -2.65. The van der Waals surface area contributed by atoms with Gasteiger partial charge in [0.25, 0.3) is 0 Å². The Labute approximate surface area is 329 Å². The number of likely N-dealkylation sites (tertiary alicyclic amines) is 1. The number of nitrogens with one attached hydrogen (secondary N) is 6. The van der Waals surface area contributed by atoms with Crippen molar-refractivity contribution >= 4 is 74.3 Å². The molecule has 1 aromatic heterocycles. The van der Waals surface area contributed by atoms with Crippen LogP contribution in [0.4, 0.5) is 21.9 Å². The van der Waals surface area contributed by atoms with Crippen LogP contribution in [0, 0.1) is 5.92 Å². The van der Waals surface area contributed by atoms with Crippen LogP contribution in [0.15, 0.2) is 73.1 Å². The van der Waals surface area contributed by atoms with Gasteiger partial charge in [0.2, 0.25) is 27.5 Å². The molecule has 0 radical (unpaired) electrons. The maximum absolute atomic E-state index is 13.4. The second-order valence-corrected chi connectivity index (χ2v) is 15.5. The van der Waals surface area contributed by atoms with Crippen molar-refractivity contribution in [3.05, 3.63) is 89.2 Å². The van der Waals surface area contributed by atoms with Crippen LogP contribution in [0.3, 0.4) is 0 Å². The topological polar surface area (TPSA) is 276 Å². The zero-order valence-corrected chi connectivity index (χ0v) is 31.6. The third kappa shape index (κ3) is 9.44. The number of aliphatic carboxylic acids is 1. The summed E-state index contributed by atoms with van der Waals surface area (Å²) < 4.78 is 25.9. The molecule has 2 unspecified atom stereocenters. The molecular formula is C35H36ClN11O9S. The van der Waals surface area contributed by atoms with E-state index in [0.717, 1.165) is 11.8 Å². The van der Waals surface area contributed by atoms with E-state index in [-0.39, 0.29) is 48.4 Å². The van der Waals surface area contributed by atoms with Crippen molar-refractivity contribution in [3.8, 4) is 5.69 Å². The number of para-hydroxylation sites is 1. The maximum Gasteiger partial charge on any atom is 0.353 e. The number of fused-ring (bicyclic) bond motifs is 1. The fourth-order valence-electron chi connectivity index (χ4n) is 6.45. The highest BCUT2D eigenvalue weighted by Gasteiger charge is 2.55. The SMILES string of the molecule is CS(=O)(=O)NC(=O)C1CCN(C(=O)Nc2ccc(CCC(=O)NC3c4ccccc4NC3(NC(=O)C(=O)Nc3cc(Cl)ccc3-n3cnnn3)C(=O)O)cc2)CC1. The number of carbonyl (C=O) groups excluding carboxylic acids is 5. The summed E-state index contributed by atoms with van der Waals surface area (Å²) in [7, 11) is -3.67. The number of benzene rings is 3. The lowest BCUT2D eigenvalue weighted by atomic mass is 9.96. The van der Waals surface area contributed by atoms with Gasteiger partial charge in [-0.15, -0.1) is 5.10 Å². The first-order valence-electron chi connectivity index (χ1n) is 17.3. The fourth-order valence-corrected chi connectivity index (χ4v) is 7.16. The predicted molar refractivity (Wildman–Crippen MR) is 203 cm³/mol. The summed E-state index contributed by atoms with van der Waals surface area (Å²) in [5.41, 5.74) is -0.191. The van der Waals surface area contributed by atoms with E-state index in [1.54, 1.807) is 48.5 Å². The quantitative estimate of drug-likeness (QED) is 0.106. The smallest absolute Gasteiger partial charge is 0.353 e. The minimum Gasteiger partial charge on any atom is -0.478 e. The van der Waals surface area contributed by atoms with Crippen LogP contribution in [0.1, 0.15) is 36.4 Å². The third-order valence-corrected chi connectivity index (χ3v) is 10.1. The number of aromatic nitrogens is 4. The van der Waals surface area contributed by atoms with Gasteiger partial charge in [-0.1, -0.05) is 41.9 Å². The molecule has 0 spiro atoms. The number of sulfonamides is 1. The summed E-state index contributed by atoms with van der Waals surface area (Å²) in [6, 6.07) is 15.8. The number of rotatable bonds is 11. The lowest BCUT2D eigenvalue weighted by Gasteiger charge is -2.33. The van der Waals surface area contributed by atoms with Gasteiger partial charge < -0.3 is 36.6 Å². The number of amides is 6. The van der Waals surface area contributed by atoms with Crippen LogP contribution in [0.25, 0.3) is 5.69 Å². The normalized spacial score (nSPS) is 17.7. The van der Waals surface area contributed by atoms with Gasteiger partial charge in [0, 0.05) is 47.4 Å². The zero-order chi connectivity index (χ0) is 40.9. The molecule has 1 fully saturated rings. The molecule has 3 heterocycles. The van der Waals surface area contributed by atoms with Gasteiger partial charge in [0.05, 0.1) is 17.6 Å². The number of urea groups is 1. The number of halogens is 1. The average Bonchev–Trinajstić information content (AvgIpc) is 3.81. The molecule has 0 aliphatic carbocycles. The number of nitrogens with zero attached hydrogens (tertiary/aromatic N) is 5. The Morgan fingerprint density at radius 2 is 1.68 bits per heavy atom. The van der Waals surface area contributed by atoms with Gasteiger partial charge in [0.1, 0.15) is 12.4 Å². The highest BCUT2D eigenvalue weighted by atomic mass is 35.5. The van der Waals surface area contributed by atoms with Gasteiger partial charge in [-0.2, -0.15) is 4.68 Å². The van der Waals surface area contributed by atoms with Crippen molar-refractivity contribution in [3.63, 3.8) is 0 Å². The molecule has 57 heavy (non-hydrogen) atoms. The molecule has 0 saturated carbocycles. The van der Waals surface area contributed by atoms with Crippen LogP contribution in [0.5, 0.6) is 0 Å². The minimum absolute atomic E-state index is 0.0551. The number of tetrazole rings is 1. The monoisotopic (exact) mass is 821 g/mol. The van der Waals surface area contributed by atoms with Crippen molar-refractivity contribution in [2.75, 3.05) is 35.3 Å². The maximum atomic E-state index is 13.4. The van der Waals surface area contributed by atoms with Gasteiger partial charge in [0.15, 0.2) is 0 Å². The second kappa shape index (κ2) is 16.6. The molecule has 2 aliphatic rings. The predicted octanol–water partition coefficient (Wildman–Crippen LogP) is 1.39. The number of hydrogen-bond acceptors (Lipinski definition) is 12. The first-order valence-corrected chi connectivity index (χ1v) is 19.6. The molecule has 4 aromatic rings. The summed E-state index contributed by atoms with van der Waals surface area (Å²) in [4.78, 5) is 79.4. The molecule has 1 saturated heterocycles. The highest BCUT2D eigenvalue weighted by molar-refractivity contribution is 7.89. The van der Waals surface area contributed by atoms with E-state index in [0.29, 0.717) is 29.8 Å². The van der Waals surface area contributed by atoms with E-state index in [4.69, 9.17) is 11.6 Å². The van der Waals surface area contributed by atoms with Gasteiger partial charge in [-0.25, -0.2) is 18.0 Å². The summed E-state index contributed by atoms with van der Waals surface area (Å²) in [5.74, 6) is -5.83. The number of piperidine rings is 1. The van der Waals surface area contributed by atoms with Gasteiger partial charge >= 0.3 is 23.8 Å². The highest BCUT2D eigenvalue weighted by Crippen LogP contribution is 2.40. The second-order valence-electron chi connectivity index (χ2n) is 13.3. The Bertz CT molecular complexity index is 2320. The summed E-state index contributed by atoms with van der Waals surface area (Å²) in [6.07, 6.45) is 2.91. The Morgan fingerprint density at radius 1 is 0.965 bits per heavy atom. The molecular weight excluding hydrogens is 786 g/mol. The van der Waals surface area contributed by atoms with E-state index >= 15 is 0 Å². The summed E-state index contributed by atoms with van der Waals surface area (Å²) in [5, 5.41) is 34.6. The number of anilines is 3. The molecule has 2 aliphatic heterocycles. The van der Waals surface area contributed by atoms with Crippen LogP contribution in [0.2, 0.25) is 5.02 Å². The number of hydrogen-bond donors (Lipinski definition) is 7. The lowest BCUT2D eigenvalue weighted by molar-refractivity contribution is -0.149. The van der Waals surface area contributed by atoms with Crippen molar-refractivity contribution in [1.29, 1.82) is 0 Å². The first kappa shape index (κ1) is 40.1. The van der Waals surface area contributed by atoms with Gasteiger partial charge in [-0.05, 0) is 71.7 Å². The Hall–Kier alpha value is -6.61. The van der Waals surface area contributed by atoms with E-state index in [1.165, 1.54) is 34.1 Å². The Morgan fingerprint density at radius 3 is 2.35 bits per heavy atom. The number of aryl methyl sites for hydroxylation is 1. The van der Waals surface area contributed by atoms with E-state index in [1.807, 2.05) is 4.72 Å². The average molecular weight is 822 g/mol. The molecule has 3 aromatic carbocycles. The summed E-state index contributed by atoms with van der Waals surface area (Å²) >= 11 is 6.12. The third-order valence-electron chi connectivity index (χ3n) is 9.28. The molecule has 0 bridgehead atoms. The van der Waals surface area contributed by atoms with Crippen LogP contribution >= 0.6 is 11.6 Å². The first-order chi connectivity index (χ1) is 27.1. The standard InChI is InChI=1S/C35H36ClN11O9S/c1-57(55,56)43-30(49)21-14-16-46(17-15-21)34(54)38-23-10-6-20(7-11-23)8-13-28(48)40-29-24-4-2-3-5-25(24)41-35(29,33(52)53)42-32(51)31(50)39-26-18-22(36)9-12-27(26)47-19-37-44-45-47/h2-7,9-12,18-19,21,29,41H,8,13-17H2,1H3,(H,38,54)(H,39,50)(H,40,48)(H,42,51)(H,43,49)(H,52,53). The van der Waals surface area contributed by atoms with Crippen molar-refractivity contribution < 1.29 is 42.3 Å². The van der Waals surface area contributed by atoms with E-state index in [2.05, 4.69) is 42.1 Å². The molecule has 7 N–H and O–H groups in total. The summed E-state index contributed by atoms with van der Waals surface area (Å²) in [6.45, 7) is 0.517. The van der Waals surface area contributed by atoms with Crippen molar-refractivity contribution in [1.82, 2.24) is 40.5 Å². The Kier molecular flexibility index (Phi) is 11.7. The van der Waals surface area contributed by atoms with E-state index < -0.39 is 57.2 Å². The molecule has 22 heteroatoms. The van der Waals surface area contributed by atoms with Crippen LogP contribution in [-0.2, 0) is 40.4 Å². The molecule has 2 atom stereocenters. The van der Waals surface area contributed by atoms with Crippen molar-refractivity contribution in [2.45, 2.75) is 37.4 Å². The van der Waals surface area contributed by atoms with Crippen molar-refractivity contribution in [2.24, 2.45) is 5.92 Å². The zero-order valence-electron chi connectivity index (χ0n) is 30.1. The molecule has 20 nitrogen and oxygen atoms in total. The Balaban J connectivity index is 1.06. The van der Waals surface area contributed by atoms with E-state index in [9.17, 15) is 42.3 Å². The molecule has 6 amide bonds. The molecule has 6 rings (SSSR count). The number of carboxylic acid groups (broad SMARTS) is 1. The molecule has 298 valence electrons.